The van der Waals surface area contributed by atoms with E-state index in [4.69, 9.17) is 10.8 Å². The zero-order valence-electron chi connectivity index (χ0n) is 8.38. The summed E-state index contributed by atoms with van der Waals surface area (Å²) in [5, 5.41) is 8.64. The minimum absolute atomic E-state index is 0.805. The zero-order chi connectivity index (χ0) is 13.3. The van der Waals surface area contributed by atoms with E-state index in [0.717, 1.165) is 7.11 Å². The second kappa shape index (κ2) is 4.32. The van der Waals surface area contributed by atoms with E-state index in [2.05, 4.69) is 4.74 Å². The predicted octanol–water partition coefficient (Wildman–Crippen LogP) is 1.17. The van der Waals surface area contributed by atoms with Gasteiger partial charge in [0.25, 0.3) is 0 Å². The molecule has 0 radical (unpaired) electrons. The topological polar surface area (TPSA) is 89.6 Å². The molecule has 17 heavy (non-hydrogen) atoms. The SMILES string of the molecule is COC(=O)c1c(F)c(F)c(N)c(F)c1C(=O)O. The quantitative estimate of drug-likeness (QED) is 0.466. The van der Waals surface area contributed by atoms with Crippen LogP contribution in [-0.2, 0) is 4.74 Å². The van der Waals surface area contributed by atoms with Gasteiger partial charge in [0.15, 0.2) is 17.5 Å². The molecule has 1 rings (SSSR count). The van der Waals surface area contributed by atoms with Crippen LogP contribution in [0.4, 0.5) is 18.9 Å². The average molecular weight is 249 g/mol. The monoisotopic (exact) mass is 249 g/mol. The van der Waals surface area contributed by atoms with Crippen molar-refractivity contribution in [1.82, 2.24) is 0 Å². The van der Waals surface area contributed by atoms with Gasteiger partial charge >= 0.3 is 11.9 Å². The van der Waals surface area contributed by atoms with Crippen LogP contribution < -0.4 is 5.73 Å². The Labute approximate surface area is 92.6 Å². The van der Waals surface area contributed by atoms with Gasteiger partial charge in [-0.25, -0.2) is 22.8 Å². The Kier molecular flexibility index (Phi) is 3.26. The zero-order valence-corrected chi connectivity index (χ0v) is 8.38. The van der Waals surface area contributed by atoms with Crippen LogP contribution in [0.1, 0.15) is 20.7 Å². The fourth-order valence-corrected chi connectivity index (χ4v) is 1.17. The van der Waals surface area contributed by atoms with Gasteiger partial charge < -0.3 is 15.6 Å². The van der Waals surface area contributed by atoms with Crippen LogP contribution in [0.2, 0.25) is 0 Å². The third-order valence-corrected chi connectivity index (χ3v) is 1.96. The van der Waals surface area contributed by atoms with Crippen LogP contribution in [0, 0.1) is 17.5 Å². The van der Waals surface area contributed by atoms with E-state index < -0.39 is 46.2 Å². The normalized spacial score (nSPS) is 10.1. The van der Waals surface area contributed by atoms with Gasteiger partial charge in [0.2, 0.25) is 0 Å². The minimum Gasteiger partial charge on any atom is -0.478 e. The van der Waals surface area contributed by atoms with Crippen LogP contribution in [0.5, 0.6) is 0 Å². The first-order chi connectivity index (χ1) is 7.82. The molecule has 0 saturated carbocycles. The van der Waals surface area contributed by atoms with Gasteiger partial charge in [0.05, 0.1) is 7.11 Å². The molecule has 0 aromatic heterocycles. The van der Waals surface area contributed by atoms with Crippen molar-refractivity contribution in [2.45, 2.75) is 0 Å². The van der Waals surface area contributed by atoms with Gasteiger partial charge in [-0.2, -0.15) is 0 Å². The van der Waals surface area contributed by atoms with Crippen molar-refractivity contribution >= 4 is 17.6 Å². The molecule has 1 aromatic carbocycles. The number of nitrogen functional groups attached to an aromatic ring is 1. The van der Waals surface area contributed by atoms with Crippen LogP contribution in [0.25, 0.3) is 0 Å². The summed E-state index contributed by atoms with van der Waals surface area (Å²) in [6.07, 6.45) is 0. The van der Waals surface area contributed by atoms with E-state index in [1.54, 1.807) is 0 Å². The number of nitrogens with two attached hydrogens (primary N) is 1. The lowest BCUT2D eigenvalue weighted by Gasteiger charge is -2.09. The maximum Gasteiger partial charge on any atom is 0.341 e. The number of ether oxygens (including phenoxy) is 1. The number of methoxy groups -OCH3 is 1. The number of halogens is 3. The molecule has 8 heteroatoms. The summed E-state index contributed by atoms with van der Waals surface area (Å²) in [6, 6.07) is 0. The van der Waals surface area contributed by atoms with Crippen molar-refractivity contribution in [2.75, 3.05) is 12.8 Å². The standard InChI is InChI=1S/C9H6F3NO4/c1-17-9(16)3-2(8(14)15)5(11)7(13)6(12)4(3)10/h13H2,1H3,(H,14,15). The molecule has 0 spiro atoms. The van der Waals surface area contributed by atoms with Gasteiger partial charge in [0.1, 0.15) is 16.8 Å². The lowest BCUT2D eigenvalue weighted by atomic mass is 10.0. The number of carbonyl (C=O) groups is 2. The van der Waals surface area contributed by atoms with E-state index >= 15 is 0 Å². The number of carbonyl (C=O) groups excluding carboxylic acids is 1. The molecule has 0 aliphatic carbocycles. The van der Waals surface area contributed by atoms with E-state index in [0.29, 0.717) is 0 Å². The first kappa shape index (κ1) is 12.8. The number of benzene rings is 1. The molecule has 0 unspecified atom stereocenters. The van der Waals surface area contributed by atoms with Gasteiger partial charge in [-0.3, -0.25) is 0 Å². The van der Waals surface area contributed by atoms with Crippen molar-refractivity contribution in [3.05, 3.63) is 28.6 Å². The number of aromatic carboxylic acids is 1. The number of hydrogen-bond donors (Lipinski definition) is 2. The maximum atomic E-state index is 13.3. The Bertz CT molecular complexity index is 516. The Balaban J connectivity index is 3.78. The Morgan fingerprint density at radius 2 is 1.65 bits per heavy atom. The van der Waals surface area contributed by atoms with Gasteiger partial charge in [-0.05, 0) is 0 Å². The molecular weight excluding hydrogens is 243 g/mol. The molecule has 92 valence electrons. The minimum atomic E-state index is -1.96. The fraction of sp³-hybridized carbons (Fsp3) is 0.111. The van der Waals surface area contributed by atoms with Gasteiger partial charge in [-0.15, -0.1) is 0 Å². The van der Waals surface area contributed by atoms with Gasteiger partial charge in [-0.1, -0.05) is 0 Å². The van der Waals surface area contributed by atoms with Crippen molar-refractivity contribution < 1.29 is 32.6 Å². The summed E-state index contributed by atoms with van der Waals surface area (Å²) < 4.78 is 43.7. The largest absolute Gasteiger partial charge is 0.478 e. The molecule has 0 aliphatic heterocycles. The summed E-state index contributed by atoms with van der Waals surface area (Å²) in [4.78, 5) is 21.8. The molecule has 5 nitrogen and oxygen atoms in total. The fourth-order valence-electron chi connectivity index (χ4n) is 1.17. The molecule has 0 heterocycles. The van der Waals surface area contributed by atoms with Crippen LogP contribution >= 0.6 is 0 Å². The third kappa shape index (κ3) is 1.88. The summed E-state index contributed by atoms with van der Waals surface area (Å²) in [7, 11) is 0.805. The molecule has 0 bridgehead atoms. The summed E-state index contributed by atoms with van der Waals surface area (Å²) in [5.74, 6) is -8.91. The first-order valence-corrected chi connectivity index (χ1v) is 4.10. The predicted molar refractivity (Wildman–Crippen MR) is 49.0 cm³/mol. The highest BCUT2D eigenvalue weighted by Crippen LogP contribution is 2.27. The molecule has 0 aliphatic rings. The molecule has 0 fully saturated rings. The first-order valence-electron chi connectivity index (χ1n) is 4.10. The molecule has 0 atom stereocenters. The van der Waals surface area contributed by atoms with Crippen molar-refractivity contribution in [3.8, 4) is 0 Å². The van der Waals surface area contributed by atoms with Crippen molar-refractivity contribution in [1.29, 1.82) is 0 Å². The number of carboxylic acids is 1. The van der Waals surface area contributed by atoms with Crippen LogP contribution in [0.15, 0.2) is 0 Å². The highest BCUT2D eigenvalue weighted by Gasteiger charge is 2.31. The van der Waals surface area contributed by atoms with Crippen molar-refractivity contribution in [2.24, 2.45) is 0 Å². The molecule has 1 aromatic rings. The summed E-state index contributed by atoms with van der Waals surface area (Å²) >= 11 is 0. The smallest absolute Gasteiger partial charge is 0.341 e. The molecule has 0 saturated heterocycles. The summed E-state index contributed by atoms with van der Waals surface area (Å²) in [5.41, 5.74) is 0.803. The van der Waals surface area contributed by atoms with E-state index in [1.165, 1.54) is 0 Å². The van der Waals surface area contributed by atoms with Crippen molar-refractivity contribution in [3.63, 3.8) is 0 Å². The Hall–Kier alpha value is -2.25. The maximum absolute atomic E-state index is 13.3. The number of anilines is 1. The number of rotatable bonds is 2. The van der Waals surface area contributed by atoms with E-state index in [9.17, 15) is 22.8 Å². The van der Waals surface area contributed by atoms with E-state index in [-0.39, 0.29) is 0 Å². The summed E-state index contributed by atoms with van der Waals surface area (Å²) in [6.45, 7) is 0. The Morgan fingerprint density at radius 1 is 1.12 bits per heavy atom. The second-order valence-electron chi connectivity index (χ2n) is 2.90. The molecule has 3 N–H and O–H groups in total. The van der Waals surface area contributed by atoms with Crippen LogP contribution in [-0.4, -0.2) is 24.2 Å². The van der Waals surface area contributed by atoms with Crippen LogP contribution in [0.3, 0.4) is 0 Å². The second-order valence-corrected chi connectivity index (χ2v) is 2.90. The third-order valence-electron chi connectivity index (χ3n) is 1.96. The lowest BCUT2D eigenvalue weighted by molar-refractivity contribution is 0.0573. The Morgan fingerprint density at radius 3 is 2.06 bits per heavy atom. The number of carboxylic acid groups (broad SMARTS) is 1. The van der Waals surface area contributed by atoms with E-state index in [1.807, 2.05) is 0 Å². The number of esters is 1. The lowest BCUT2D eigenvalue weighted by Crippen LogP contribution is -2.18. The average Bonchev–Trinajstić information content (AvgIpc) is 2.29. The molecule has 0 amide bonds. The van der Waals surface area contributed by atoms with Gasteiger partial charge in [0, 0.05) is 0 Å². The highest BCUT2D eigenvalue weighted by molar-refractivity contribution is 6.03. The molecular formula is C9H6F3NO4. The highest BCUT2D eigenvalue weighted by atomic mass is 19.2. The number of hydrogen-bond acceptors (Lipinski definition) is 4.